The molecule has 1 saturated carbocycles. The zero-order valence-electron chi connectivity index (χ0n) is 19.8. The first-order chi connectivity index (χ1) is 17.1. The van der Waals surface area contributed by atoms with Gasteiger partial charge in [0, 0.05) is 30.0 Å². The van der Waals surface area contributed by atoms with E-state index in [1.165, 1.54) is 10.5 Å². The van der Waals surface area contributed by atoms with Crippen molar-refractivity contribution in [3.05, 3.63) is 65.2 Å². The quantitative estimate of drug-likeness (QED) is 0.440. The number of anilines is 1. The third kappa shape index (κ3) is 3.84. The number of tetrazole rings is 1. The molecular formula is C26H29N7O2. The number of aromatic nitrogens is 6. The van der Waals surface area contributed by atoms with Gasteiger partial charge in [-0.2, -0.15) is 0 Å². The molecule has 0 spiro atoms. The number of aromatic amines is 1. The van der Waals surface area contributed by atoms with E-state index < -0.39 is 6.09 Å². The lowest BCUT2D eigenvalue weighted by atomic mass is 9.85. The highest BCUT2D eigenvalue weighted by Gasteiger charge is 2.33. The lowest BCUT2D eigenvalue weighted by molar-refractivity contribution is 0.198. The Labute approximate surface area is 203 Å². The first kappa shape index (κ1) is 21.8. The Balaban J connectivity index is 1.48. The summed E-state index contributed by atoms with van der Waals surface area (Å²) < 4.78 is 2.42. The molecule has 35 heavy (non-hydrogen) atoms. The molecule has 1 amide bonds. The number of hydrogen-bond acceptors (Lipinski definition) is 5. The maximum Gasteiger partial charge on any atom is 0.412 e. The summed E-state index contributed by atoms with van der Waals surface area (Å²) in [5.41, 5.74) is 5.06. The molecule has 3 heterocycles. The highest BCUT2D eigenvalue weighted by atomic mass is 16.4. The summed E-state index contributed by atoms with van der Waals surface area (Å²) in [5, 5.41) is 24.6. The average molecular weight is 472 g/mol. The van der Waals surface area contributed by atoms with Crippen LogP contribution in [0, 0.1) is 0 Å². The molecule has 0 saturated heterocycles. The molecule has 4 aromatic rings. The fourth-order valence-electron chi connectivity index (χ4n) is 6.03. The van der Waals surface area contributed by atoms with Crippen molar-refractivity contribution in [2.24, 2.45) is 0 Å². The molecule has 1 aliphatic carbocycles. The van der Waals surface area contributed by atoms with Gasteiger partial charge in [-0.25, -0.2) is 14.9 Å². The molecule has 1 unspecified atom stereocenters. The molecule has 2 N–H and O–H groups in total. The van der Waals surface area contributed by atoms with Crippen molar-refractivity contribution in [1.29, 1.82) is 0 Å². The van der Waals surface area contributed by atoms with E-state index in [1.807, 2.05) is 19.1 Å². The third-order valence-electron chi connectivity index (χ3n) is 7.70. The maximum atomic E-state index is 12.1. The number of carboxylic acid groups (broad SMARTS) is 1. The van der Waals surface area contributed by atoms with Gasteiger partial charge in [-0.05, 0) is 67.2 Å². The van der Waals surface area contributed by atoms with Crippen molar-refractivity contribution in [2.75, 3.05) is 4.90 Å². The molecule has 180 valence electrons. The van der Waals surface area contributed by atoms with Gasteiger partial charge >= 0.3 is 6.09 Å². The van der Waals surface area contributed by atoms with Gasteiger partial charge < -0.3 is 9.67 Å². The number of aryl methyl sites for hydroxylation is 1. The summed E-state index contributed by atoms with van der Waals surface area (Å²) in [4.78, 5) is 18.8. The summed E-state index contributed by atoms with van der Waals surface area (Å²) in [6, 6.07) is 14.7. The summed E-state index contributed by atoms with van der Waals surface area (Å²) in [5.74, 6) is 2.17. The number of amides is 1. The Morgan fingerprint density at radius 2 is 2.00 bits per heavy atom. The molecule has 2 aromatic carbocycles. The first-order valence-electron chi connectivity index (χ1n) is 12.4. The van der Waals surface area contributed by atoms with Crippen LogP contribution in [0.5, 0.6) is 0 Å². The second-order valence-corrected chi connectivity index (χ2v) is 9.84. The van der Waals surface area contributed by atoms with E-state index in [4.69, 9.17) is 4.98 Å². The summed E-state index contributed by atoms with van der Waals surface area (Å²) in [6.45, 7) is 1.97. The maximum absolute atomic E-state index is 12.1. The Bertz CT molecular complexity index is 1350. The largest absolute Gasteiger partial charge is 0.465 e. The van der Waals surface area contributed by atoms with Crippen LogP contribution in [0.3, 0.4) is 0 Å². The van der Waals surface area contributed by atoms with Crippen molar-refractivity contribution in [3.8, 4) is 0 Å². The second kappa shape index (κ2) is 8.79. The van der Waals surface area contributed by atoms with E-state index in [1.54, 1.807) is 0 Å². The molecule has 9 heteroatoms. The molecule has 9 nitrogen and oxygen atoms in total. The van der Waals surface area contributed by atoms with Gasteiger partial charge in [0.25, 0.3) is 0 Å². The zero-order chi connectivity index (χ0) is 23.9. The molecule has 3 atom stereocenters. The number of H-pyrrole nitrogens is 1. The van der Waals surface area contributed by atoms with Gasteiger partial charge in [-0.3, -0.25) is 4.90 Å². The molecule has 1 fully saturated rings. The molecule has 1 aliphatic heterocycles. The molecule has 0 bridgehead atoms. The number of carbonyl (C=O) groups is 1. The van der Waals surface area contributed by atoms with Crippen LogP contribution in [0.2, 0.25) is 0 Å². The summed E-state index contributed by atoms with van der Waals surface area (Å²) in [6.07, 6.45) is 5.62. The minimum Gasteiger partial charge on any atom is -0.465 e. The predicted octanol–water partition coefficient (Wildman–Crippen LogP) is 4.86. The number of fused-ring (bicyclic) bond motifs is 3. The van der Waals surface area contributed by atoms with Crippen LogP contribution < -0.4 is 4.90 Å². The second-order valence-electron chi connectivity index (χ2n) is 9.84. The number of hydrogen-bond donors (Lipinski definition) is 2. The molecule has 2 aliphatic rings. The van der Waals surface area contributed by atoms with Crippen molar-refractivity contribution < 1.29 is 9.90 Å². The van der Waals surface area contributed by atoms with E-state index in [9.17, 15) is 9.90 Å². The van der Waals surface area contributed by atoms with E-state index >= 15 is 0 Å². The van der Waals surface area contributed by atoms with Crippen LogP contribution in [-0.4, -0.2) is 47.4 Å². The fourth-order valence-corrected chi connectivity index (χ4v) is 6.03. The molecular weight excluding hydrogens is 442 g/mol. The van der Waals surface area contributed by atoms with Crippen LogP contribution in [-0.2, 0) is 12.8 Å². The SMILES string of the molecule is CC1CCc2c(ccc3c2nc(Cc2ccccc2)n3[C@H]2CCC[C@@H](c3nnn[nH]3)C2)N1C(=O)O. The van der Waals surface area contributed by atoms with Crippen LogP contribution in [0.1, 0.15) is 73.8 Å². The Morgan fingerprint density at radius 3 is 2.77 bits per heavy atom. The summed E-state index contributed by atoms with van der Waals surface area (Å²) >= 11 is 0. The lowest BCUT2D eigenvalue weighted by Crippen LogP contribution is -2.41. The van der Waals surface area contributed by atoms with Gasteiger partial charge in [-0.15, -0.1) is 5.10 Å². The van der Waals surface area contributed by atoms with Gasteiger partial charge in [0.1, 0.15) is 5.82 Å². The van der Waals surface area contributed by atoms with Gasteiger partial charge in [-0.1, -0.05) is 36.8 Å². The van der Waals surface area contributed by atoms with E-state index in [0.29, 0.717) is 0 Å². The monoisotopic (exact) mass is 471 g/mol. The van der Waals surface area contributed by atoms with Crippen molar-refractivity contribution in [3.63, 3.8) is 0 Å². The number of nitrogens with one attached hydrogen (secondary N) is 1. The molecule has 0 radical (unpaired) electrons. The Kier molecular flexibility index (Phi) is 5.47. The molecule has 6 rings (SSSR count). The Hall–Kier alpha value is -3.75. The number of rotatable bonds is 4. The zero-order valence-corrected chi connectivity index (χ0v) is 19.8. The lowest BCUT2D eigenvalue weighted by Gasteiger charge is -2.33. The van der Waals surface area contributed by atoms with Crippen LogP contribution in [0.15, 0.2) is 42.5 Å². The minimum atomic E-state index is -0.905. The number of benzene rings is 2. The normalized spacial score (nSPS) is 22.3. The highest BCUT2D eigenvalue weighted by Crippen LogP contribution is 2.42. The van der Waals surface area contributed by atoms with Gasteiger partial charge in [0.15, 0.2) is 5.82 Å². The highest BCUT2D eigenvalue weighted by molar-refractivity contribution is 5.94. The average Bonchev–Trinajstić information content (AvgIpc) is 3.52. The topological polar surface area (TPSA) is 113 Å². The number of nitrogens with zero attached hydrogens (tertiary/aromatic N) is 6. The van der Waals surface area contributed by atoms with Crippen molar-refractivity contribution in [2.45, 2.75) is 69.9 Å². The minimum absolute atomic E-state index is 0.0436. The van der Waals surface area contributed by atoms with Crippen molar-refractivity contribution >= 4 is 22.8 Å². The van der Waals surface area contributed by atoms with E-state index in [2.05, 4.69) is 55.5 Å². The third-order valence-corrected chi connectivity index (χ3v) is 7.70. The predicted molar refractivity (Wildman–Crippen MR) is 132 cm³/mol. The van der Waals surface area contributed by atoms with Crippen molar-refractivity contribution in [1.82, 2.24) is 30.2 Å². The smallest absolute Gasteiger partial charge is 0.412 e. The van der Waals surface area contributed by atoms with E-state index in [-0.39, 0.29) is 18.0 Å². The van der Waals surface area contributed by atoms with E-state index in [0.717, 1.165) is 78.9 Å². The fraction of sp³-hybridized carbons (Fsp3) is 0.423. The van der Waals surface area contributed by atoms with Crippen LogP contribution in [0.4, 0.5) is 10.5 Å². The standard InChI is InChI=1S/C26H29N7O2/c1-16-10-11-20-21(32(16)26(34)35)12-13-22-24(20)27-23(14-17-6-3-2-4-7-17)33(22)19-9-5-8-18(15-19)25-28-30-31-29-25/h2-4,6-7,12-13,16,18-19H,5,8-11,14-15H2,1H3,(H,34,35)(H,28,29,30,31)/t16?,18-,19+/m1/s1. The van der Waals surface area contributed by atoms with Gasteiger partial charge in [0.2, 0.25) is 0 Å². The number of imidazole rings is 1. The van der Waals surface area contributed by atoms with Crippen LogP contribution in [0.25, 0.3) is 11.0 Å². The Morgan fingerprint density at radius 1 is 1.14 bits per heavy atom. The summed E-state index contributed by atoms with van der Waals surface area (Å²) in [7, 11) is 0. The molecule has 2 aromatic heterocycles. The first-order valence-corrected chi connectivity index (χ1v) is 12.4. The van der Waals surface area contributed by atoms with Gasteiger partial charge in [0.05, 0.1) is 16.7 Å². The van der Waals surface area contributed by atoms with Crippen LogP contribution >= 0.6 is 0 Å².